The Balaban J connectivity index is 2.05. The van der Waals surface area contributed by atoms with Crippen LogP contribution in [0.2, 0.25) is 0 Å². The number of pyridine rings is 1. The zero-order valence-corrected chi connectivity index (χ0v) is 10.1. The average Bonchev–Trinajstić information content (AvgIpc) is 2.77. The smallest absolute Gasteiger partial charge is 0.0553 e. The van der Waals surface area contributed by atoms with Crippen LogP contribution in [0.4, 0.5) is 5.69 Å². The molecule has 3 heteroatoms. The van der Waals surface area contributed by atoms with Gasteiger partial charge in [0.2, 0.25) is 0 Å². The van der Waals surface area contributed by atoms with Gasteiger partial charge < -0.3 is 10.0 Å². The summed E-state index contributed by atoms with van der Waals surface area (Å²) in [6.07, 6.45) is 3.04. The van der Waals surface area contributed by atoms with E-state index >= 15 is 0 Å². The fourth-order valence-electron chi connectivity index (χ4n) is 2.14. The summed E-state index contributed by atoms with van der Waals surface area (Å²) in [7, 11) is 0. The van der Waals surface area contributed by atoms with E-state index in [0.29, 0.717) is 18.4 Å². The molecule has 1 fully saturated rings. The number of aliphatic hydroxyl groups is 1. The second-order valence-electron chi connectivity index (χ2n) is 4.88. The van der Waals surface area contributed by atoms with Gasteiger partial charge in [-0.3, -0.25) is 4.98 Å². The maximum atomic E-state index is 9.11. The first-order chi connectivity index (χ1) is 7.70. The minimum Gasteiger partial charge on any atom is -0.396 e. The molecule has 1 aromatic rings. The number of nitrogens with zero attached hydrogens (tertiary/aromatic N) is 2. The molecule has 0 bridgehead atoms. The van der Waals surface area contributed by atoms with Crippen LogP contribution in [-0.4, -0.2) is 29.8 Å². The van der Waals surface area contributed by atoms with Crippen molar-refractivity contribution in [3.8, 4) is 0 Å². The van der Waals surface area contributed by atoms with Gasteiger partial charge in [0.1, 0.15) is 0 Å². The van der Waals surface area contributed by atoms with Crippen molar-refractivity contribution in [2.45, 2.75) is 26.2 Å². The molecule has 1 aliphatic heterocycles. The Hall–Kier alpha value is -1.09. The first-order valence-corrected chi connectivity index (χ1v) is 6.02. The van der Waals surface area contributed by atoms with E-state index in [0.717, 1.165) is 25.2 Å². The largest absolute Gasteiger partial charge is 0.396 e. The lowest BCUT2D eigenvalue weighted by molar-refractivity contribution is 0.238. The van der Waals surface area contributed by atoms with E-state index in [1.807, 2.05) is 6.20 Å². The van der Waals surface area contributed by atoms with E-state index in [1.165, 1.54) is 5.69 Å². The Morgan fingerprint density at radius 3 is 2.81 bits per heavy atom. The minimum absolute atomic E-state index is 0.300. The highest BCUT2D eigenvalue weighted by molar-refractivity contribution is 5.45. The van der Waals surface area contributed by atoms with E-state index in [9.17, 15) is 0 Å². The van der Waals surface area contributed by atoms with Crippen LogP contribution in [0.1, 0.15) is 31.9 Å². The van der Waals surface area contributed by atoms with Crippen LogP contribution in [0, 0.1) is 5.92 Å². The van der Waals surface area contributed by atoms with E-state index in [4.69, 9.17) is 5.11 Å². The van der Waals surface area contributed by atoms with Gasteiger partial charge in [0.25, 0.3) is 0 Å². The molecule has 0 aromatic carbocycles. The van der Waals surface area contributed by atoms with Gasteiger partial charge in [-0.15, -0.1) is 0 Å². The van der Waals surface area contributed by atoms with E-state index < -0.39 is 0 Å². The number of hydrogen-bond donors (Lipinski definition) is 1. The van der Waals surface area contributed by atoms with Crippen molar-refractivity contribution >= 4 is 5.69 Å². The van der Waals surface area contributed by atoms with Crippen LogP contribution >= 0.6 is 0 Å². The molecule has 16 heavy (non-hydrogen) atoms. The van der Waals surface area contributed by atoms with Crippen LogP contribution in [0.3, 0.4) is 0 Å². The first-order valence-electron chi connectivity index (χ1n) is 6.02. The number of anilines is 1. The minimum atomic E-state index is 0.300. The number of hydrogen-bond acceptors (Lipinski definition) is 3. The third-order valence-corrected chi connectivity index (χ3v) is 3.27. The molecule has 0 unspecified atom stereocenters. The standard InChI is InChI=1S/C13H20N2O/c1-10(2)13-4-3-12(7-14-13)15-6-5-11(8-15)9-16/h3-4,7,10-11,16H,5-6,8-9H2,1-2H3/t11-/m1/s1. The lowest BCUT2D eigenvalue weighted by Crippen LogP contribution is -2.20. The molecule has 2 rings (SSSR count). The van der Waals surface area contributed by atoms with Crippen LogP contribution in [0.15, 0.2) is 18.3 Å². The van der Waals surface area contributed by atoms with Crippen molar-refractivity contribution in [1.82, 2.24) is 4.98 Å². The predicted octanol–water partition coefficient (Wildman–Crippen LogP) is 2.02. The predicted molar refractivity (Wildman–Crippen MR) is 65.7 cm³/mol. The van der Waals surface area contributed by atoms with Crippen molar-refractivity contribution in [3.63, 3.8) is 0 Å². The van der Waals surface area contributed by atoms with E-state index in [2.05, 4.69) is 35.9 Å². The summed E-state index contributed by atoms with van der Waals surface area (Å²) in [4.78, 5) is 6.77. The monoisotopic (exact) mass is 220 g/mol. The van der Waals surface area contributed by atoms with Crippen LogP contribution in [0.25, 0.3) is 0 Å². The van der Waals surface area contributed by atoms with Crippen LogP contribution in [-0.2, 0) is 0 Å². The van der Waals surface area contributed by atoms with Crippen LogP contribution < -0.4 is 4.90 Å². The zero-order chi connectivity index (χ0) is 11.5. The molecule has 1 saturated heterocycles. The lowest BCUT2D eigenvalue weighted by Gasteiger charge is -2.18. The second-order valence-corrected chi connectivity index (χ2v) is 4.88. The molecule has 1 aliphatic rings. The molecule has 3 nitrogen and oxygen atoms in total. The highest BCUT2D eigenvalue weighted by Gasteiger charge is 2.21. The summed E-state index contributed by atoms with van der Waals surface area (Å²) >= 11 is 0. The number of aromatic nitrogens is 1. The molecular weight excluding hydrogens is 200 g/mol. The van der Waals surface area contributed by atoms with Gasteiger partial charge in [-0.25, -0.2) is 0 Å². The van der Waals surface area contributed by atoms with Crippen LogP contribution in [0.5, 0.6) is 0 Å². The summed E-state index contributed by atoms with van der Waals surface area (Å²) in [5.41, 5.74) is 2.32. The second kappa shape index (κ2) is 4.83. The van der Waals surface area contributed by atoms with Gasteiger partial charge in [0.05, 0.1) is 11.9 Å². The molecule has 0 spiro atoms. The van der Waals surface area contributed by atoms with Crippen molar-refractivity contribution in [1.29, 1.82) is 0 Å². The fraction of sp³-hybridized carbons (Fsp3) is 0.615. The van der Waals surface area contributed by atoms with Crippen molar-refractivity contribution in [2.75, 3.05) is 24.6 Å². The molecule has 1 aromatic heterocycles. The summed E-state index contributed by atoms with van der Waals surface area (Å²) in [5, 5.41) is 9.11. The molecule has 88 valence electrons. The maximum absolute atomic E-state index is 9.11. The Morgan fingerprint density at radius 2 is 2.31 bits per heavy atom. The Kier molecular flexibility index (Phi) is 3.44. The number of aliphatic hydroxyl groups excluding tert-OH is 1. The Bertz CT molecular complexity index is 334. The maximum Gasteiger partial charge on any atom is 0.0553 e. The van der Waals surface area contributed by atoms with Crippen molar-refractivity contribution < 1.29 is 5.11 Å². The molecule has 0 amide bonds. The quantitative estimate of drug-likeness (QED) is 0.846. The summed E-state index contributed by atoms with van der Waals surface area (Å²) < 4.78 is 0. The lowest BCUT2D eigenvalue weighted by atomic mass is 10.1. The number of rotatable bonds is 3. The Morgan fingerprint density at radius 1 is 1.50 bits per heavy atom. The third kappa shape index (κ3) is 2.35. The van der Waals surface area contributed by atoms with Gasteiger partial charge in [0, 0.05) is 31.3 Å². The zero-order valence-electron chi connectivity index (χ0n) is 10.1. The third-order valence-electron chi connectivity index (χ3n) is 3.27. The van der Waals surface area contributed by atoms with Gasteiger partial charge in [0.15, 0.2) is 0 Å². The summed E-state index contributed by atoms with van der Waals surface area (Å²) in [5.74, 6) is 0.919. The van der Waals surface area contributed by atoms with Gasteiger partial charge in [-0.05, 0) is 24.5 Å². The van der Waals surface area contributed by atoms with Gasteiger partial charge in [-0.1, -0.05) is 13.8 Å². The summed E-state index contributed by atoms with van der Waals surface area (Å²) in [6, 6.07) is 4.24. The molecule has 0 radical (unpaired) electrons. The Labute approximate surface area is 97.1 Å². The molecular formula is C13H20N2O. The molecule has 1 N–H and O–H groups in total. The molecule has 0 saturated carbocycles. The van der Waals surface area contributed by atoms with Gasteiger partial charge >= 0.3 is 0 Å². The van der Waals surface area contributed by atoms with E-state index in [1.54, 1.807) is 0 Å². The topological polar surface area (TPSA) is 36.4 Å². The summed E-state index contributed by atoms with van der Waals surface area (Å²) in [6.45, 7) is 6.60. The highest BCUT2D eigenvalue weighted by atomic mass is 16.3. The molecule has 1 atom stereocenters. The fourth-order valence-corrected chi connectivity index (χ4v) is 2.14. The molecule has 0 aliphatic carbocycles. The SMILES string of the molecule is CC(C)c1ccc(N2CC[C@@H](CO)C2)cn1. The first kappa shape index (κ1) is 11.4. The van der Waals surface area contributed by atoms with Gasteiger partial charge in [-0.2, -0.15) is 0 Å². The van der Waals surface area contributed by atoms with Crippen molar-refractivity contribution in [2.24, 2.45) is 5.92 Å². The highest BCUT2D eigenvalue weighted by Crippen LogP contribution is 2.23. The normalized spacial score (nSPS) is 20.8. The van der Waals surface area contributed by atoms with Crippen molar-refractivity contribution in [3.05, 3.63) is 24.0 Å². The average molecular weight is 220 g/mol. The van der Waals surface area contributed by atoms with E-state index in [-0.39, 0.29) is 0 Å². The molecule has 2 heterocycles.